The van der Waals surface area contributed by atoms with Gasteiger partial charge in [-0.25, -0.2) is 0 Å². The summed E-state index contributed by atoms with van der Waals surface area (Å²) in [6.07, 6.45) is 0. The summed E-state index contributed by atoms with van der Waals surface area (Å²) in [5, 5.41) is 3.47. The highest BCUT2D eigenvalue weighted by molar-refractivity contribution is 7.80. The predicted octanol–water partition coefficient (Wildman–Crippen LogP) is 1.84. The highest BCUT2D eigenvalue weighted by Crippen LogP contribution is 2.36. The van der Waals surface area contributed by atoms with Gasteiger partial charge in [-0.15, -0.1) is 0 Å². The summed E-state index contributed by atoms with van der Waals surface area (Å²) in [6, 6.07) is 0. The molecule has 0 aromatic heterocycles. The lowest BCUT2D eigenvalue weighted by molar-refractivity contribution is 0.293. The fourth-order valence-corrected chi connectivity index (χ4v) is 1.84. The molecule has 84 valence electrons. The molecule has 0 aromatic rings. The van der Waals surface area contributed by atoms with Crippen molar-refractivity contribution >= 4 is 25.6 Å². The van der Waals surface area contributed by atoms with Gasteiger partial charge in [-0.2, -0.15) is 0 Å². The van der Waals surface area contributed by atoms with E-state index in [0.29, 0.717) is 18.3 Å². The number of hydrogen-bond donors (Lipinski definition) is 2. The van der Waals surface area contributed by atoms with Crippen LogP contribution in [-0.4, -0.2) is 26.6 Å². The van der Waals surface area contributed by atoms with Gasteiger partial charge in [-0.1, -0.05) is 20.8 Å². The minimum absolute atomic E-state index is 0.260. The molecule has 0 rings (SSSR count). The SMILES string of the molecule is CC(C)(C)[Si](C)(C)OCCNC(N)=S. The average Bonchev–Trinajstić information content (AvgIpc) is 1.95. The molecule has 0 atom stereocenters. The van der Waals surface area contributed by atoms with Crippen molar-refractivity contribution in [3.05, 3.63) is 0 Å². The lowest BCUT2D eigenvalue weighted by Gasteiger charge is -2.36. The van der Waals surface area contributed by atoms with Crippen LogP contribution in [0, 0.1) is 0 Å². The molecule has 0 saturated carbocycles. The quantitative estimate of drug-likeness (QED) is 0.443. The third kappa shape index (κ3) is 4.93. The molecule has 3 N–H and O–H groups in total. The van der Waals surface area contributed by atoms with Gasteiger partial charge in [-0.3, -0.25) is 0 Å². The Hall–Kier alpha value is -0.133. The van der Waals surface area contributed by atoms with E-state index in [-0.39, 0.29) is 5.04 Å². The Labute approximate surface area is 93.5 Å². The molecule has 0 fully saturated rings. The number of rotatable bonds is 4. The fraction of sp³-hybridized carbons (Fsp3) is 0.889. The molecule has 0 amide bonds. The number of nitrogens with one attached hydrogen (secondary N) is 1. The Morgan fingerprint density at radius 1 is 1.43 bits per heavy atom. The molecule has 0 aromatic carbocycles. The van der Waals surface area contributed by atoms with Gasteiger partial charge in [0.1, 0.15) is 0 Å². The van der Waals surface area contributed by atoms with E-state index in [0.717, 1.165) is 0 Å². The molecular weight excluding hydrogens is 212 g/mol. The zero-order chi connectivity index (χ0) is 11.4. The van der Waals surface area contributed by atoms with E-state index in [1.54, 1.807) is 0 Å². The maximum Gasteiger partial charge on any atom is 0.192 e. The topological polar surface area (TPSA) is 47.3 Å². The van der Waals surface area contributed by atoms with Crippen molar-refractivity contribution in [3.8, 4) is 0 Å². The Bertz CT molecular complexity index is 201. The van der Waals surface area contributed by atoms with Crippen LogP contribution in [0.2, 0.25) is 18.1 Å². The van der Waals surface area contributed by atoms with Crippen LogP contribution < -0.4 is 11.1 Å². The molecule has 0 bridgehead atoms. The smallest absolute Gasteiger partial charge is 0.192 e. The van der Waals surface area contributed by atoms with Gasteiger partial charge in [0.25, 0.3) is 0 Å². The standard InChI is InChI=1S/C9H22N2OSSi/c1-9(2,3)14(4,5)12-7-6-11-8(10)13/h6-7H2,1-5H3,(H3,10,11,13). The molecule has 0 unspecified atom stereocenters. The molecule has 0 radical (unpaired) electrons. The van der Waals surface area contributed by atoms with E-state index in [1.165, 1.54) is 0 Å². The second-order valence-electron chi connectivity index (χ2n) is 4.90. The number of thiocarbonyl (C=S) groups is 1. The maximum atomic E-state index is 5.91. The zero-order valence-corrected chi connectivity index (χ0v) is 11.6. The van der Waals surface area contributed by atoms with E-state index in [4.69, 9.17) is 22.4 Å². The van der Waals surface area contributed by atoms with Crippen molar-refractivity contribution in [1.82, 2.24) is 5.32 Å². The summed E-state index contributed by atoms with van der Waals surface area (Å²) in [5.74, 6) is 0. The highest BCUT2D eigenvalue weighted by atomic mass is 32.1. The van der Waals surface area contributed by atoms with E-state index < -0.39 is 8.32 Å². The summed E-state index contributed by atoms with van der Waals surface area (Å²) < 4.78 is 5.91. The van der Waals surface area contributed by atoms with Crippen molar-refractivity contribution in [2.75, 3.05) is 13.2 Å². The van der Waals surface area contributed by atoms with Crippen LogP contribution in [0.3, 0.4) is 0 Å². The Balaban J connectivity index is 3.83. The molecule has 0 spiro atoms. The normalized spacial score (nSPS) is 12.6. The van der Waals surface area contributed by atoms with Crippen molar-refractivity contribution in [2.45, 2.75) is 38.9 Å². The highest BCUT2D eigenvalue weighted by Gasteiger charge is 2.36. The monoisotopic (exact) mass is 234 g/mol. The average molecular weight is 234 g/mol. The van der Waals surface area contributed by atoms with Crippen LogP contribution >= 0.6 is 12.2 Å². The molecule has 0 saturated heterocycles. The lowest BCUT2D eigenvalue weighted by Crippen LogP contribution is -2.43. The number of hydrogen-bond acceptors (Lipinski definition) is 2. The fourth-order valence-electron chi connectivity index (χ4n) is 0.697. The molecule has 5 heteroatoms. The van der Waals surface area contributed by atoms with Crippen LogP contribution in [0.15, 0.2) is 0 Å². The van der Waals surface area contributed by atoms with Crippen LogP contribution in [0.4, 0.5) is 0 Å². The van der Waals surface area contributed by atoms with Crippen molar-refractivity contribution in [1.29, 1.82) is 0 Å². The first-order chi connectivity index (χ1) is 6.17. The second kappa shape index (κ2) is 5.09. The Kier molecular flexibility index (Phi) is 5.04. The lowest BCUT2D eigenvalue weighted by atomic mass is 10.2. The van der Waals surface area contributed by atoms with Crippen LogP contribution in [0.1, 0.15) is 20.8 Å². The van der Waals surface area contributed by atoms with Gasteiger partial charge in [0.15, 0.2) is 13.4 Å². The number of nitrogens with two attached hydrogens (primary N) is 1. The van der Waals surface area contributed by atoms with Gasteiger partial charge < -0.3 is 15.5 Å². The van der Waals surface area contributed by atoms with Crippen molar-refractivity contribution in [2.24, 2.45) is 5.73 Å². The van der Waals surface area contributed by atoms with E-state index >= 15 is 0 Å². The van der Waals surface area contributed by atoms with Gasteiger partial charge in [0.05, 0.1) is 6.61 Å². The molecular formula is C9H22N2OSSi. The van der Waals surface area contributed by atoms with Gasteiger partial charge in [0, 0.05) is 6.54 Å². The minimum atomic E-state index is -1.60. The Morgan fingerprint density at radius 3 is 2.29 bits per heavy atom. The van der Waals surface area contributed by atoms with E-state index in [2.05, 4.69) is 39.2 Å². The first-order valence-corrected chi connectivity index (χ1v) is 8.16. The predicted molar refractivity (Wildman–Crippen MR) is 67.9 cm³/mol. The van der Waals surface area contributed by atoms with Gasteiger partial charge in [0.2, 0.25) is 0 Å². The van der Waals surface area contributed by atoms with Crippen molar-refractivity contribution in [3.63, 3.8) is 0 Å². The second-order valence-corrected chi connectivity index (χ2v) is 10.1. The van der Waals surface area contributed by atoms with Crippen LogP contribution in [0.5, 0.6) is 0 Å². The minimum Gasteiger partial charge on any atom is -0.415 e. The third-order valence-corrected chi connectivity index (χ3v) is 7.35. The first-order valence-electron chi connectivity index (χ1n) is 4.84. The van der Waals surface area contributed by atoms with Crippen LogP contribution in [0.25, 0.3) is 0 Å². The van der Waals surface area contributed by atoms with Gasteiger partial charge >= 0.3 is 0 Å². The summed E-state index contributed by atoms with van der Waals surface area (Å²) >= 11 is 4.70. The van der Waals surface area contributed by atoms with Gasteiger partial charge in [-0.05, 0) is 30.4 Å². The van der Waals surface area contributed by atoms with Crippen molar-refractivity contribution < 1.29 is 4.43 Å². The largest absolute Gasteiger partial charge is 0.415 e. The molecule has 0 aliphatic carbocycles. The van der Waals surface area contributed by atoms with E-state index in [1.807, 2.05) is 0 Å². The summed E-state index contributed by atoms with van der Waals surface area (Å²) in [5.41, 5.74) is 5.30. The van der Waals surface area contributed by atoms with Crippen LogP contribution in [-0.2, 0) is 4.43 Å². The first kappa shape index (κ1) is 13.9. The summed E-state index contributed by atoms with van der Waals surface area (Å²) in [6.45, 7) is 12.5. The molecule has 0 heterocycles. The zero-order valence-electron chi connectivity index (χ0n) is 9.81. The van der Waals surface area contributed by atoms with E-state index in [9.17, 15) is 0 Å². The maximum absolute atomic E-state index is 5.91. The third-order valence-electron chi connectivity index (χ3n) is 2.67. The summed E-state index contributed by atoms with van der Waals surface area (Å²) in [4.78, 5) is 0. The summed E-state index contributed by atoms with van der Waals surface area (Å²) in [7, 11) is -1.60. The molecule has 14 heavy (non-hydrogen) atoms. The Morgan fingerprint density at radius 2 is 1.93 bits per heavy atom. The molecule has 0 aliphatic heterocycles. The molecule has 0 aliphatic rings. The molecule has 3 nitrogen and oxygen atoms in total.